The van der Waals surface area contributed by atoms with Crippen molar-refractivity contribution >= 4 is 17.2 Å². The molecule has 168 valence electrons. The number of nitriles is 1. The molecule has 0 saturated heterocycles. The molecular weight excluding hydrogens is 436 g/mol. The van der Waals surface area contributed by atoms with Crippen LogP contribution in [0.5, 0.6) is 5.75 Å². The Morgan fingerprint density at radius 2 is 2.15 bits per heavy atom. The number of fused-ring (bicyclic) bond motifs is 1. The highest BCUT2D eigenvalue weighted by molar-refractivity contribution is 6.09. The van der Waals surface area contributed by atoms with Gasteiger partial charge in [0, 0.05) is 31.2 Å². The number of hydrogen-bond acceptors (Lipinski definition) is 8. The number of methoxy groups -OCH3 is 1. The molecule has 1 amide bonds. The summed E-state index contributed by atoms with van der Waals surface area (Å²) in [7, 11) is 3.32. The molecule has 0 radical (unpaired) electrons. The number of hydrogen-bond donors (Lipinski definition) is 1. The number of ether oxygens (including phenoxy) is 1. The molecule has 0 aliphatic heterocycles. The van der Waals surface area contributed by atoms with E-state index < -0.39 is 5.91 Å². The van der Waals surface area contributed by atoms with Crippen molar-refractivity contribution in [3.8, 4) is 23.1 Å². The Balaban J connectivity index is 1.58. The molecule has 0 saturated carbocycles. The van der Waals surface area contributed by atoms with Crippen LogP contribution in [0.2, 0.25) is 0 Å². The minimum absolute atomic E-state index is 0.311. The van der Waals surface area contributed by atoms with Crippen LogP contribution in [-0.2, 0) is 13.6 Å². The van der Waals surface area contributed by atoms with Gasteiger partial charge < -0.3 is 10.1 Å². The molecule has 5 aromatic rings. The maximum Gasteiger partial charge on any atom is 0.261 e. The molecule has 0 atom stereocenters. The van der Waals surface area contributed by atoms with E-state index in [1.165, 1.54) is 24.1 Å². The molecule has 1 aromatic carbocycles. The minimum atomic E-state index is -0.399. The second kappa shape index (κ2) is 8.47. The van der Waals surface area contributed by atoms with Gasteiger partial charge in [0.15, 0.2) is 5.65 Å². The van der Waals surface area contributed by atoms with E-state index in [9.17, 15) is 10.1 Å². The first-order valence-electron chi connectivity index (χ1n) is 10.2. The average molecular weight is 454 g/mol. The van der Waals surface area contributed by atoms with E-state index in [0.717, 1.165) is 0 Å². The second-order valence-electron chi connectivity index (χ2n) is 7.32. The summed E-state index contributed by atoms with van der Waals surface area (Å²) in [6, 6.07) is 8.86. The highest BCUT2D eigenvalue weighted by atomic mass is 16.5. The second-order valence-corrected chi connectivity index (χ2v) is 7.32. The molecule has 0 spiro atoms. The van der Waals surface area contributed by atoms with Crippen molar-refractivity contribution in [1.29, 1.82) is 5.26 Å². The number of aromatic nitrogens is 8. The van der Waals surface area contributed by atoms with E-state index in [2.05, 4.69) is 36.7 Å². The Bertz CT molecular complexity index is 1560. The summed E-state index contributed by atoms with van der Waals surface area (Å²) < 4.78 is 10.3. The number of carbonyl (C=O) groups excluding carboxylic acids is 1. The zero-order valence-electron chi connectivity index (χ0n) is 18.2. The quantitative estimate of drug-likeness (QED) is 0.410. The van der Waals surface area contributed by atoms with E-state index in [1.807, 2.05) is 0 Å². The summed E-state index contributed by atoms with van der Waals surface area (Å²) in [6.45, 7) is 0.317. The molecule has 12 heteroatoms. The highest BCUT2D eigenvalue weighted by Crippen LogP contribution is 2.35. The van der Waals surface area contributed by atoms with Gasteiger partial charge in [-0.1, -0.05) is 0 Å². The molecular formula is C22H18N10O2. The lowest BCUT2D eigenvalue weighted by Gasteiger charge is -2.09. The predicted molar refractivity (Wildman–Crippen MR) is 120 cm³/mol. The van der Waals surface area contributed by atoms with Crippen molar-refractivity contribution in [2.45, 2.75) is 6.54 Å². The topological polar surface area (TPSA) is 141 Å². The van der Waals surface area contributed by atoms with E-state index in [4.69, 9.17) is 4.74 Å². The number of carbonyl (C=O) groups is 1. The SMILES string of the molecule is COc1ccc(C#N)cc1-c1nn(Cc2ncnn2C)cc1NC(=O)c1cnn2cccnc12. The molecule has 5 rings (SSSR count). The average Bonchev–Trinajstić information content (AvgIpc) is 3.57. The number of nitrogens with one attached hydrogen (secondary N) is 1. The first-order chi connectivity index (χ1) is 16.6. The third kappa shape index (κ3) is 3.71. The zero-order valence-corrected chi connectivity index (χ0v) is 18.2. The molecule has 1 N–H and O–H groups in total. The number of rotatable bonds is 6. The lowest BCUT2D eigenvalue weighted by molar-refractivity contribution is 0.102. The lowest BCUT2D eigenvalue weighted by Crippen LogP contribution is -2.12. The molecule has 0 fully saturated rings. The standard InChI is InChI=1S/C22H18N10O2/c1-30-19(25-13-27-30)12-31-11-17(20(29-31)15-8-14(9-23)4-5-18(15)34-2)28-22(33)16-10-26-32-7-3-6-24-21(16)32/h3-8,10-11,13H,12H2,1-2H3,(H,28,33). The van der Waals surface area contributed by atoms with Crippen molar-refractivity contribution in [2.75, 3.05) is 12.4 Å². The number of amides is 1. The van der Waals surface area contributed by atoms with E-state index in [0.29, 0.717) is 51.8 Å². The van der Waals surface area contributed by atoms with Crippen LogP contribution in [0.25, 0.3) is 16.9 Å². The van der Waals surface area contributed by atoms with Crippen LogP contribution in [0.1, 0.15) is 21.7 Å². The number of benzene rings is 1. The van der Waals surface area contributed by atoms with Gasteiger partial charge in [0.05, 0.1) is 30.6 Å². The van der Waals surface area contributed by atoms with Gasteiger partial charge in [-0.05, 0) is 24.3 Å². The fourth-order valence-corrected chi connectivity index (χ4v) is 3.54. The van der Waals surface area contributed by atoms with Crippen molar-refractivity contribution in [2.24, 2.45) is 7.05 Å². The third-order valence-electron chi connectivity index (χ3n) is 5.23. The first-order valence-corrected chi connectivity index (χ1v) is 10.2. The summed E-state index contributed by atoms with van der Waals surface area (Å²) >= 11 is 0. The van der Waals surface area contributed by atoms with Crippen LogP contribution in [0.15, 0.2) is 55.4 Å². The first kappa shape index (κ1) is 20.8. The van der Waals surface area contributed by atoms with Gasteiger partial charge in [-0.15, -0.1) is 0 Å². The molecule has 0 unspecified atom stereocenters. The van der Waals surface area contributed by atoms with Crippen LogP contribution in [0.4, 0.5) is 5.69 Å². The van der Waals surface area contributed by atoms with E-state index in [1.54, 1.807) is 59.3 Å². The number of nitrogens with zero attached hydrogens (tertiary/aromatic N) is 9. The van der Waals surface area contributed by atoms with Crippen LogP contribution in [0, 0.1) is 11.3 Å². The summed E-state index contributed by atoms with van der Waals surface area (Å²) in [5.74, 6) is 0.788. The highest BCUT2D eigenvalue weighted by Gasteiger charge is 2.21. The summed E-state index contributed by atoms with van der Waals surface area (Å²) in [5, 5.41) is 25.2. The maximum absolute atomic E-state index is 13.2. The Labute approximate surface area is 193 Å². The largest absolute Gasteiger partial charge is 0.496 e. The maximum atomic E-state index is 13.2. The van der Waals surface area contributed by atoms with E-state index >= 15 is 0 Å². The summed E-state index contributed by atoms with van der Waals surface area (Å²) in [6.07, 6.45) is 7.91. The predicted octanol–water partition coefficient (Wildman–Crippen LogP) is 1.90. The van der Waals surface area contributed by atoms with Gasteiger partial charge >= 0.3 is 0 Å². The van der Waals surface area contributed by atoms with Crippen LogP contribution >= 0.6 is 0 Å². The molecule has 4 heterocycles. The van der Waals surface area contributed by atoms with Crippen molar-refractivity contribution in [3.05, 3.63) is 72.3 Å². The van der Waals surface area contributed by atoms with Gasteiger partial charge in [0.1, 0.15) is 35.7 Å². The van der Waals surface area contributed by atoms with Crippen LogP contribution in [0.3, 0.4) is 0 Å². The molecule has 0 bridgehead atoms. The summed E-state index contributed by atoms with van der Waals surface area (Å²) in [5.41, 5.74) is 2.60. The molecule has 4 aromatic heterocycles. The Kier molecular flexibility index (Phi) is 5.19. The number of aryl methyl sites for hydroxylation is 1. The fourth-order valence-electron chi connectivity index (χ4n) is 3.54. The van der Waals surface area contributed by atoms with Crippen LogP contribution < -0.4 is 10.1 Å². The van der Waals surface area contributed by atoms with Gasteiger partial charge in [-0.3, -0.25) is 14.2 Å². The third-order valence-corrected chi connectivity index (χ3v) is 5.23. The fraction of sp³-hybridized carbons (Fsp3) is 0.136. The Morgan fingerprint density at radius 1 is 1.26 bits per heavy atom. The molecule has 34 heavy (non-hydrogen) atoms. The molecule has 12 nitrogen and oxygen atoms in total. The smallest absolute Gasteiger partial charge is 0.261 e. The van der Waals surface area contributed by atoms with Gasteiger partial charge in [-0.25, -0.2) is 14.5 Å². The van der Waals surface area contributed by atoms with Crippen molar-refractivity contribution in [3.63, 3.8) is 0 Å². The van der Waals surface area contributed by atoms with Gasteiger partial charge in [0.2, 0.25) is 0 Å². The monoisotopic (exact) mass is 454 g/mol. The number of anilines is 1. The normalized spacial score (nSPS) is 10.9. The van der Waals surface area contributed by atoms with Crippen molar-refractivity contribution in [1.82, 2.24) is 39.1 Å². The Hall–Kier alpha value is -5.05. The minimum Gasteiger partial charge on any atom is -0.496 e. The van der Waals surface area contributed by atoms with Crippen molar-refractivity contribution < 1.29 is 9.53 Å². The molecule has 0 aliphatic rings. The van der Waals surface area contributed by atoms with Gasteiger partial charge in [0.25, 0.3) is 5.91 Å². The molecule has 0 aliphatic carbocycles. The zero-order chi connectivity index (χ0) is 23.7. The van der Waals surface area contributed by atoms with Crippen LogP contribution in [-0.4, -0.2) is 52.2 Å². The summed E-state index contributed by atoms with van der Waals surface area (Å²) in [4.78, 5) is 21.7. The van der Waals surface area contributed by atoms with E-state index in [-0.39, 0.29) is 0 Å². The van der Waals surface area contributed by atoms with Gasteiger partial charge in [-0.2, -0.15) is 20.6 Å². The lowest BCUT2D eigenvalue weighted by atomic mass is 10.1. The Morgan fingerprint density at radius 3 is 2.91 bits per heavy atom.